The zero-order valence-corrected chi connectivity index (χ0v) is 13.2. The van der Waals surface area contributed by atoms with Crippen LogP contribution in [0.1, 0.15) is 38.8 Å². The molecule has 21 heavy (non-hydrogen) atoms. The molecule has 2 rings (SSSR count). The van der Waals surface area contributed by atoms with Crippen molar-refractivity contribution in [2.45, 2.75) is 46.1 Å². The van der Waals surface area contributed by atoms with Crippen molar-refractivity contribution in [1.29, 1.82) is 0 Å². The van der Waals surface area contributed by atoms with E-state index in [1.165, 1.54) is 22.0 Å². The number of amides is 1. The fraction of sp³-hybridized carbons (Fsp3) is 0.471. The van der Waals surface area contributed by atoms with E-state index >= 15 is 0 Å². The smallest absolute Gasteiger partial charge is 0.407 e. The molecule has 0 saturated heterocycles. The minimum absolute atomic E-state index is 0.364. The molecule has 4 nitrogen and oxygen atoms in total. The zero-order valence-electron chi connectivity index (χ0n) is 13.2. The first-order valence-corrected chi connectivity index (χ1v) is 7.45. The quantitative estimate of drug-likeness (QED) is 0.899. The molecule has 0 aliphatic carbocycles. The maximum Gasteiger partial charge on any atom is 0.407 e. The van der Waals surface area contributed by atoms with Crippen LogP contribution in [0.25, 0.3) is 10.9 Å². The molecule has 0 aliphatic heterocycles. The number of fused-ring (bicyclic) bond motifs is 1. The molecule has 1 aromatic carbocycles. The predicted molar refractivity (Wildman–Crippen MR) is 85.6 cm³/mol. The van der Waals surface area contributed by atoms with Crippen molar-refractivity contribution in [3.63, 3.8) is 0 Å². The van der Waals surface area contributed by atoms with Crippen molar-refractivity contribution in [2.75, 3.05) is 6.54 Å². The van der Waals surface area contributed by atoms with Crippen molar-refractivity contribution in [1.82, 2.24) is 10.3 Å². The lowest BCUT2D eigenvalue weighted by atomic mass is 10.1. The van der Waals surface area contributed by atoms with Crippen molar-refractivity contribution >= 4 is 17.0 Å². The Morgan fingerprint density at radius 2 is 2.05 bits per heavy atom. The molecule has 1 amide bonds. The summed E-state index contributed by atoms with van der Waals surface area (Å²) in [7, 11) is 0. The van der Waals surface area contributed by atoms with Gasteiger partial charge >= 0.3 is 6.09 Å². The van der Waals surface area contributed by atoms with E-state index < -0.39 is 5.60 Å². The molecule has 114 valence electrons. The number of carbonyl (C=O) groups excluding carboxylic acids is 1. The van der Waals surface area contributed by atoms with Crippen LogP contribution in [-0.2, 0) is 17.6 Å². The Morgan fingerprint density at radius 3 is 2.71 bits per heavy atom. The number of aromatic nitrogens is 1. The predicted octanol–water partition coefficient (Wildman–Crippen LogP) is 3.80. The largest absolute Gasteiger partial charge is 0.444 e. The summed E-state index contributed by atoms with van der Waals surface area (Å²) in [6, 6.07) is 6.34. The van der Waals surface area contributed by atoms with Gasteiger partial charge in [-0.05, 0) is 44.7 Å². The van der Waals surface area contributed by atoms with Crippen molar-refractivity contribution < 1.29 is 9.53 Å². The zero-order chi connectivity index (χ0) is 15.5. The number of hydrogen-bond donors (Lipinski definition) is 2. The van der Waals surface area contributed by atoms with Crippen LogP contribution < -0.4 is 5.32 Å². The Bertz CT molecular complexity index is 623. The summed E-state index contributed by atoms with van der Waals surface area (Å²) in [5.41, 5.74) is 3.28. The van der Waals surface area contributed by atoms with Gasteiger partial charge in [-0.2, -0.15) is 0 Å². The highest BCUT2D eigenvalue weighted by atomic mass is 16.6. The summed E-state index contributed by atoms with van der Waals surface area (Å²) in [4.78, 5) is 15.0. The van der Waals surface area contributed by atoms with Crippen LogP contribution in [0.15, 0.2) is 24.4 Å². The van der Waals surface area contributed by atoms with E-state index in [4.69, 9.17) is 4.74 Å². The normalized spacial score (nSPS) is 11.6. The van der Waals surface area contributed by atoms with Gasteiger partial charge in [0.2, 0.25) is 0 Å². The summed E-state index contributed by atoms with van der Waals surface area (Å²) >= 11 is 0. The maximum atomic E-state index is 11.6. The number of hydrogen-bond acceptors (Lipinski definition) is 2. The van der Waals surface area contributed by atoms with Gasteiger partial charge in [0.05, 0.1) is 0 Å². The van der Waals surface area contributed by atoms with Gasteiger partial charge in [0.15, 0.2) is 0 Å². The minimum atomic E-state index is -0.457. The number of rotatable bonds is 4. The van der Waals surface area contributed by atoms with Gasteiger partial charge < -0.3 is 15.0 Å². The summed E-state index contributed by atoms with van der Waals surface area (Å²) in [6.07, 6.45) is 3.46. The van der Waals surface area contributed by atoms with E-state index in [1.807, 2.05) is 27.0 Å². The topological polar surface area (TPSA) is 54.1 Å². The summed E-state index contributed by atoms with van der Waals surface area (Å²) in [6.45, 7) is 8.30. The summed E-state index contributed by atoms with van der Waals surface area (Å²) in [5, 5.41) is 4.03. The maximum absolute atomic E-state index is 11.6. The van der Waals surface area contributed by atoms with Gasteiger partial charge in [0.25, 0.3) is 0 Å². The number of carbonyl (C=O) groups is 1. The van der Waals surface area contributed by atoms with Crippen molar-refractivity contribution in [3.8, 4) is 0 Å². The molecule has 2 aromatic rings. The molecule has 1 aromatic heterocycles. The lowest BCUT2D eigenvalue weighted by Gasteiger charge is -2.19. The molecule has 0 fully saturated rings. The molecule has 0 spiro atoms. The highest BCUT2D eigenvalue weighted by Gasteiger charge is 2.15. The Labute approximate surface area is 125 Å². The second kappa shape index (κ2) is 6.20. The van der Waals surface area contributed by atoms with Crippen LogP contribution in [0, 0.1) is 0 Å². The average Bonchev–Trinajstić information content (AvgIpc) is 2.80. The Hall–Kier alpha value is -1.97. The van der Waals surface area contributed by atoms with Crippen molar-refractivity contribution in [2.24, 2.45) is 0 Å². The highest BCUT2D eigenvalue weighted by Crippen LogP contribution is 2.22. The first-order chi connectivity index (χ1) is 9.90. The van der Waals surface area contributed by atoms with Gasteiger partial charge in [0.1, 0.15) is 5.60 Å². The van der Waals surface area contributed by atoms with E-state index in [1.54, 1.807) is 0 Å². The second-order valence-corrected chi connectivity index (χ2v) is 6.19. The number of nitrogens with one attached hydrogen (secondary N) is 2. The fourth-order valence-corrected chi connectivity index (χ4v) is 2.39. The summed E-state index contributed by atoms with van der Waals surface area (Å²) < 4.78 is 5.22. The first-order valence-electron chi connectivity index (χ1n) is 7.45. The van der Waals surface area contributed by atoms with Gasteiger partial charge in [-0.15, -0.1) is 0 Å². The molecule has 0 unspecified atom stereocenters. The van der Waals surface area contributed by atoms with Crippen LogP contribution in [0.2, 0.25) is 0 Å². The van der Waals surface area contributed by atoms with Crippen LogP contribution in [0.5, 0.6) is 0 Å². The first kappa shape index (κ1) is 15.4. The van der Waals surface area contributed by atoms with E-state index in [-0.39, 0.29) is 6.09 Å². The van der Waals surface area contributed by atoms with Crippen LogP contribution >= 0.6 is 0 Å². The third-order valence-electron chi connectivity index (χ3n) is 3.33. The third-order valence-corrected chi connectivity index (χ3v) is 3.33. The summed E-state index contributed by atoms with van der Waals surface area (Å²) in [5.74, 6) is 0. The van der Waals surface area contributed by atoms with Crippen LogP contribution in [-0.4, -0.2) is 23.2 Å². The molecular formula is C17H24N2O2. The molecule has 2 N–H and O–H groups in total. The fourth-order valence-electron chi connectivity index (χ4n) is 2.39. The van der Waals surface area contributed by atoms with Crippen LogP contribution in [0.3, 0.4) is 0 Å². The van der Waals surface area contributed by atoms with E-state index in [2.05, 4.69) is 35.4 Å². The number of aryl methyl sites for hydroxylation is 1. The average molecular weight is 288 g/mol. The lowest BCUT2D eigenvalue weighted by Crippen LogP contribution is -2.33. The molecule has 4 heteroatoms. The molecular weight excluding hydrogens is 264 g/mol. The van der Waals surface area contributed by atoms with E-state index in [9.17, 15) is 4.79 Å². The lowest BCUT2D eigenvalue weighted by molar-refractivity contribution is 0.0528. The number of aromatic amines is 1. The number of para-hydroxylation sites is 1. The van der Waals surface area contributed by atoms with Gasteiger partial charge in [-0.3, -0.25) is 0 Å². The van der Waals surface area contributed by atoms with Gasteiger partial charge in [0, 0.05) is 23.6 Å². The Balaban J connectivity index is 1.97. The molecule has 0 saturated carbocycles. The van der Waals surface area contributed by atoms with Gasteiger partial charge in [-0.1, -0.05) is 25.1 Å². The number of ether oxygens (including phenoxy) is 1. The number of H-pyrrole nitrogens is 1. The molecule has 1 heterocycles. The van der Waals surface area contributed by atoms with Gasteiger partial charge in [-0.25, -0.2) is 4.79 Å². The van der Waals surface area contributed by atoms with Crippen molar-refractivity contribution in [3.05, 3.63) is 35.5 Å². The Kier molecular flexibility index (Phi) is 4.56. The third kappa shape index (κ3) is 4.00. The molecule has 0 bridgehead atoms. The SMILES string of the molecule is CCc1cccc2c(CCNC(=O)OC(C)(C)C)c[nH]c12. The van der Waals surface area contributed by atoms with Crippen LogP contribution in [0.4, 0.5) is 4.79 Å². The monoisotopic (exact) mass is 288 g/mol. The number of alkyl carbamates (subject to hydrolysis) is 1. The minimum Gasteiger partial charge on any atom is -0.444 e. The second-order valence-electron chi connectivity index (χ2n) is 6.19. The standard InChI is InChI=1S/C17H24N2O2/c1-5-12-7-6-8-14-13(11-19-15(12)14)9-10-18-16(20)21-17(2,3)4/h6-8,11,19H,5,9-10H2,1-4H3,(H,18,20). The highest BCUT2D eigenvalue weighted by molar-refractivity contribution is 5.86. The number of benzene rings is 1. The van der Waals surface area contributed by atoms with E-state index in [0.29, 0.717) is 6.54 Å². The Morgan fingerprint density at radius 1 is 1.29 bits per heavy atom. The molecule has 0 radical (unpaired) electrons. The molecule has 0 atom stereocenters. The van der Waals surface area contributed by atoms with E-state index in [0.717, 1.165) is 12.8 Å². The molecule has 0 aliphatic rings.